The van der Waals surface area contributed by atoms with Crippen LogP contribution in [0.25, 0.3) is 5.69 Å². The fourth-order valence-corrected chi connectivity index (χ4v) is 2.74. The Morgan fingerprint density at radius 3 is 3.00 bits per heavy atom. The zero-order chi connectivity index (χ0) is 15.1. The second kappa shape index (κ2) is 7.64. The number of benzene rings is 1. The van der Waals surface area contributed by atoms with Crippen LogP contribution in [0.1, 0.15) is 24.8 Å². The van der Waals surface area contributed by atoms with E-state index in [4.69, 9.17) is 10.00 Å². The highest BCUT2D eigenvalue weighted by Gasteiger charge is 2.13. The van der Waals surface area contributed by atoms with Crippen LogP contribution in [0.5, 0.6) is 5.75 Å². The summed E-state index contributed by atoms with van der Waals surface area (Å²) in [6.07, 6.45) is 2.46. The van der Waals surface area contributed by atoms with E-state index in [1.165, 1.54) is 0 Å². The predicted molar refractivity (Wildman–Crippen MR) is 80.6 cm³/mol. The lowest BCUT2D eigenvalue weighted by molar-refractivity contribution is 0.410. The SMILES string of the molecule is COc1ccc(C)cc1-n1nnnc1SCCCCC#N. The molecule has 0 saturated carbocycles. The summed E-state index contributed by atoms with van der Waals surface area (Å²) >= 11 is 1.59. The second-order valence-corrected chi connectivity index (χ2v) is 5.57. The molecular weight excluding hydrogens is 286 g/mol. The van der Waals surface area contributed by atoms with E-state index in [1.807, 2.05) is 25.1 Å². The number of hydrogen-bond acceptors (Lipinski definition) is 6. The van der Waals surface area contributed by atoms with Gasteiger partial charge in [0.15, 0.2) is 0 Å². The van der Waals surface area contributed by atoms with Gasteiger partial charge in [-0.15, -0.1) is 5.10 Å². The molecule has 0 bridgehead atoms. The van der Waals surface area contributed by atoms with E-state index < -0.39 is 0 Å². The Kier molecular flexibility index (Phi) is 5.58. The molecule has 0 fully saturated rings. The summed E-state index contributed by atoms with van der Waals surface area (Å²) in [5, 5.41) is 21.1. The Hall–Kier alpha value is -2.07. The van der Waals surface area contributed by atoms with E-state index in [-0.39, 0.29) is 0 Å². The first-order valence-electron chi connectivity index (χ1n) is 6.69. The summed E-state index contributed by atoms with van der Waals surface area (Å²) in [6.45, 7) is 2.02. The summed E-state index contributed by atoms with van der Waals surface area (Å²) in [5.74, 6) is 1.62. The molecule has 2 aromatic rings. The fourth-order valence-electron chi connectivity index (χ4n) is 1.86. The van der Waals surface area contributed by atoms with Crippen molar-refractivity contribution in [2.45, 2.75) is 31.3 Å². The van der Waals surface area contributed by atoms with Crippen molar-refractivity contribution in [3.63, 3.8) is 0 Å². The Labute approximate surface area is 128 Å². The second-order valence-electron chi connectivity index (χ2n) is 4.51. The number of thioether (sulfide) groups is 1. The molecule has 7 heteroatoms. The zero-order valence-electron chi connectivity index (χ0n) is 12.1. The molecule has 0 aliphatic carbocycles. The van der Waals surface area contributed by atoms with Crippen LogP contribution in [0, 0.1) is 18.3 Å². The van der Waals surface area contributed by atoms with Gasteiger partial charge in [0, 0.05) is 12.2 Å². The third-order valence-corrected chi connectivity index (χ3v) is 3.92. The maximum Gasteiger partial charge on any atom is 0.214 e. The van der Waals surface area contributed by atoms with E-state index in [0.29, 0.717) is 6.42 Å². The van der Waals surface area contributed by atoms with Gasteiger partial charge in [-0.3, -0.25) is 0 Å². The fraction of sp³-hybridized carbons (Fsp3) is 0.429. The molecule has 0 N–H and O–H groups in total. The molecule has 0 aliphatic rings. The van der Waals surface area contributed by atoms with Crippen LogP contribution in [-0.2, 0) is 0 Å². The number of unbranched alkanes of at least 4 members (excludes halogenated alkanes) is 2. The van der Waals surface area contributed by atoms with Gasteiger partial charge < -0.3 is 4.74 Å². The maximum absolute atomic E-state index is 8.52. The molecule has 0 radical (unpaired) electrons. The molecule has 1 heterocycles. The van der Waals surface area contributed by atoms with Crippen molar-refractivity contribution in [1.82, 2.24) is 20.2 Å². The molecular formula is C14H17N5OS. The lowest BCUT2D eigenvalue weighted by Crippen LogP contribution is -2.02. The van der Waals surface area contributed by atoms with Gasteiger partial charge in [-0.2, -0.15) is 9.94 Å². The number of ether oxygens (including phenoxy) is 1. The van der Waals surface area contributed by atoms with Crippen molar-refractivity contribution in [2.24, 2.45) is 0 Å². The van der Waals surface area contributed by atoms with Crippen LogP contribution in [0.2, 0.25) is 0 Å². The monoisotopic (exact) mass is 303 g/mol. The quantitative estimate of drug-likeness (QED) is 0.578. The Balaban J connectivity index is 2.13. The number of nitriles is 1. The average molecular weight is 303 g/mol. The first kappa shape index (κ1) is 15.3. The summed E-state index contributed by atoms with van der Waals surface area (Å²) in [6, 6.07) is 8.04. The standard InChI is InChI=1S/C14H17N5OS/c1-11-6-7-13(20-2)12(10-11)19-14(16-17-18-19)21-9-5-3-4-8-15/h6-7,10H,3-5,9H2,1-2H3. The normalized spacial score (nSPS) is 10.3. The van der Waals surface area contributed by atoms with Crippen molar-refractivity contribution in [2.75, 3.05) is 12.9 Å². The highest BCUT2D eigenvalue weighted by atomic mass is 32.2. The van der Waals surface area contributed by atoms with Crippen LogP contribution < -0.4 is 4.74 Å². The van der Waals surface area contributed by atoms with Gasteiger partial charge in [0.2, 0.25) is 5.16 Å². The lowest BCUT2D eigenvalue weighted by Gasteiger charge is -2.10. The Morgan fingerprint density at radius 2 is 2.24 bits per heavy atom. The lowest BCUT2D eigenvalue weighted by atomic mass is 10.2. The van der Waals surface area contributed by atoms with E-state index in [9.17, 15) is 0 Å². The smallest absolute Gasteiger partial charge is 0.214 e. The highest BCUT2D eigenvalue weighted by Crippen LogP contribution is 2.27. The largest absolute Gasteiger partial charge is 0.494 e. The molecule has 0 spiro atoms. The van der Waals surface area contributed by atoms with Crippen molar-refractivity contribution in [3.05, 3.63) is 23.8 Å². The molecule has 0 saturated heterocycles. The topological polar surface area (TPSA) is 76.6 Å². The Morgan fingerprint density at radius 1 is 1.38 bits per heavy atom. The highest BCUT2D eigenvalue weighted by molar-refractivity contribution is 7.99. The van der Waals surface area contributed by atoms with Crippen molar-refractivity contribution < 1.29 is 4.74 Å². The summed E-state index contributed by atoms with van der Waals surface area (Å²) in [4.78, 5) is 0. The van der Waals surface area contributed by atoms with E-state index in [1.54, 1.807) is 23.6 Å². The van der Waals surface area contributed by atoms with E-state index in [0.717, 1.165) is 40.8 Å². The van der Waals surface area contributed by atoms with Crippen molar-refractivity contribution in [3.8, 4) is 17.5 Å². The molecule has 0 amide bonds. The minimum absolute atomic E-state index is 0.594. The van der Waals surface area contributed by atoms with Crippen LogP contribution in [0.15, 0.2) is 23.4 Å². The predicted octanol–water partition coefficient (Wildman–Crippen LogP) is 2.77. The molecule has 0 aliphatic heterocycles. The van der Waals surface area contributed by atoms with Crippen LogP contribution in [-0.4, -0.2) is 33.1 Å². The van der Waals surface area contributed by atoms with Gasteiger partial charge in [-0.05, 0) is 47.9 Å². The molecule has 0 atom stereocenters. The summed E-state index contributed by atoms with van der Waals surface area (Å²) in [5.41, 5.74) is 1.95. The third-order valence-electron chi connectivity index (χ3n) is 2.92. The minimum Gasteiger partial charge on any atom is -0.494 e. The number of tetrazole rings is 1. The van der Waals surface area contributed by atoms with E-state index >= 15 is 0 Å². The van der Waals surface area contributed by atoms with Crippen molar-refractivity contribution >= 4 is 11.8 Å². The number of rotatable bonds is 7. The van der Waals surface area contributed by atoms with Crippen LogP contribution in [0.3, 0.4) is 0 Å². The van der Waals surface area contributed by atoms with Gasteiger partial charge in [0.05, 0.1) is 13.2 Å². The number of aromatic nitrogens is 4. The summed E-state index contributed by atoms with van der Waals surface area (Å²) < 4.78 is 7.07. The van der Waals surface area contributed by atoms with Gasteiger partial charge in [0.25, 0.3) is 0 Å². The number of aryl methyl sites for hydroxylation is 1. The number of methoxy groups -OCH3 is 1. The zero-order valence-corrected chi connectivity index (χ0v) is 12.9. The molecule has 21 heavy (non-hydrogen) atoms. The molecule has 0 unspecified atom stereocenters. The molecule has 110 valence electrons. The molecule has 2 rings (SSSR count). The average Bonchev–Trinajstić information content (AvgIpc) is 2.95. The van der Waals surface area contributed by atoms with Gasteiger partial charge in [0.1, 0.15) is 11.4 Å². The summed E-state index contributed by atoms with van der Waals surface area (Å²) in [7, 11) is 1.63. The first-order valence-corrected chi connectivity index (χ1v) is 7.68. The van der Waals surface area contributed by atoms with Crippen molar-refractivity contribution in [1.29, 1.82) is 5.26 Å². The van der Waals surface area contributed by atoms with Gasteiger partial charge in [-0.25, -0.2) is 0 Å². The molecule has 1 aromatic carbocycles. The molecule has 6 nitrogen and oxygen atoms in total. The van der Waals surface area contributed by atoms with Gasteiger partial charge in [-0.1, -0.05) is 17.8 Å². The third kappa shape index (κ3) is 3.95. The van der Waals surface area contributed by atoms with Crippen LogP contribution >= 0.6 is 11.8 Å². The van der Waals surface area contributed by atoms with Crippen LogP contribution in [0.4, 0.5) is 0 Å². The Bertz CT molecular complexity index is 635. The van der Waals surface area contributed by atoms with E-state index in [2.05, 4.69) is 21.6 Å². The minimum atomic E-state index is 0.594. The maximum atomic E-state index is 8.52. The number of nitrogens with zero attached hydrogens (tertiary/aromatic N) is 5. The van der Waals surface area contributed by atoms with Gasteiger partial charge >= 0.3 is 0 Å². The first-order chi connectivity index (χ1) is 10.3. The molecule has 1 aromatic heterocycles. The number of hydrogen-bond donors (Lipinski definition) is 0.